The Bertz CT molecular complexity index is 654. The Balaban J connectivity index is 1.85. The Kier molecular flexibility index (Phi) is 6.94. The first-order valence-corrected chi connectivity index (χ1v) is 8.42. The number of ether oxygens (including phenoxy) is 2. The number of amides is 1. The molecule has 0 heterocycles. The quantitative estimate of drug-likeness (QED) is 0.669. The molecule has 5 heteroatoms. The summed E-state index contributed by atoms with van der Waals surface area (Å²) in [6, 6.07) is 14.4. The van der Waals surface area contributed by atoms with Crippen LogP contribution in [0.3, 0.4) is 0 Å². The van der Waals surface area contributed by atoms with Crippen LogP contribution in [0.4, 0.5) is 0 Å². The van der Waals surface area contributed by atoms with Crippen molar-refractivity contribution in [1.29, 1.82) is 0 Å². The maximum atomic E-state index is 12.3. The van der Waals surface area contributed by atoms with Crippen LogP contribution in [0.25, 0.3) is 0 Å². The van der Waals surface area contributed by atoms with E-state index in [-0.39, 0.29) is 5.91 Å². The van der Waals surface area contributed by atoms with Crippen LogP contribution in [0.5, 0.6) is 11.5 Å². The van der Waals surface area contributed by atoms with Gasteiger partial charge in [-0.1, -0.05) is 17.7 Å². The molecule has 0 aliphatic rings. The zero-order chi connectivity index (χ0) is 17.4. The molecule has 0 unspecified atom stereocenters. The molecule has 0 N–H and O–H groups in total. The number of hydrogen-bond donors (Lipinski definition) is 0. The van der Waals surface area contributed by atoms with Gasteiger partial charge in [0.2, 0.25) is 0 Å². The third-order valence-electron chi connectivity index (χ3n) is 3.57. The molecule has 0 fully saturated rings. The molecule has 0 bridgehead atoms. The van der Waals surface area contributed by atoms with Crippen molar-refractivity contribution in [2.75, 3.05) is 26.3 Å². The minimum Gasteiger partial charge on any atom is -0.490 e. The van der Waals surface area contributed by atoms with Crippen molar-refractivity contribution in [2.45, 2.75) is 13.8 Å². The molecule has 1 amide bonds. The lowest BCUT2D eigenvalue weighted by Gasteiger charge is -2.19. The maximum Gasteiger partial charge on any atom is 0.253 e. The van der Waals surface area contributed by atoms with Crippen LogP contribution < -0.4 is 9.47 Å². The lowest BCUT2D eigenvalue weighted by molar-refractivity contribution is 0.0772. The summed E-state index contributed by atoms with van der Waals surface area (Å²) in [5.74, 6) is 1.42. The van der Waals surface area contributed by atoms with Crippen LogP contribution in [-0.2, 0) is 0 Å². The lowest BCUT2D eigenvalue weighted by Crippen LogP contribution is -2.30. The highest BCUT2D eigenvalue weighted by Crippen LogP contribution is 2.17. The second-order valence-corrected chi connectivity index (χ2v) is 5.59. The fraction of sp³-hybridized carbons (Fsp3) is 0.316. The smallest absolute Gasteiger partial charge is 0.253 e. The molecule has 128 valence electrons. The van der Waals surface area contributed by atoms with Gasteiger partial charge in [0, 0.05) is 23.7 Å². The SMILES string of the molecule is CCN(CC)C(=O)c1cccc(OCCOc2ccc(Cl)cc2)c1. The van der Waals surface area contributed by atoms with Gasteiger partial charge in [-0.15, -0.1) is 0 Å². The van der Waals surface area contributed by atoms with Gasteiger partial charge in [0.15, 0.2) is 0 Å². The summed E-state index contributed by atoms with van der Waals surface area (Å²) in [5.41, 5.74) is 0.634. The monoisotopic (exact) mass is 347 g/mol. The van der Waals surface area contributed by atoms with Gasteiger partial charge in [0.25, 0.3) is 5.91 Å². The third-order valence-corrected chi connectivity index (χ3v) is 3.82. The minimum absolute atomic E-state index is 0.0165. The molecule has 0 saturated heterocycles. The summed E-state index contributed by atoms with van der Waals surface area (Å²) < 4.78 is 11.2. The van der Waals surface area contributed by atoms with Crippen LogP contribution in [-0.4, -0.2) is 37.1 Å². The Hall–Kier alpha value is -2.20. The summed E-state index contributed by atoms with van der Waals surface area (Å²) in [5, 5.41) is 0.674. The normalized spacial score (nSPS) is 10.3. The van der Waals surface area contributed by atoms with Gasteiger partial charge < -0.3 is 14.4 Å². The predicted octanol–water partition coefficient (Wildman–Crippen LogP) is 4.28. The molecule has 0 spiro atoms. The largest absolute Gasteiger partial charge is 0.490 e. The van der Waals surface area contributed by atoms with Gasteiger partial charge in [0.1, 0.15) is 24.7 Å². The van der Waals surface area contributed by atoms with Crippen LogP contribution in [0.2, 0.25) is 5.02 Å². The van der Waals surface area contributed by atoms with Gasteiger partial charge in [-0.3, -0.25) is 4.79 Å². The van der Waals surface area contributed by atoms with Crippen LogP contribution in [0, 0.1) is 0 Å². The highest BCUT2D eigenvalue weighted by atomic mass is 35.5. The molecule has 0 aliphatic heterocycles. The molecule has 0 radical (unpaired) electrons. The van der Waals surface area contributed by atoms with Gasteiger partial charge >= 0.3 is 0 Å². The van der Waals surface area contributed by atoms with E-state index in [2.05, 4.69) is 0 Å². The van der Waals surface area contributed by atoms with E-state index < -0.39 is 0 Å². The second kappa shape index (κ2) is 9.18. The van der Waals surface area contributed by atoms with Crippen LogP contribution >= 0.6 is 11.6 Å². The van der Waals surface area contributed by atoms with Crippen molar-refractivity contribution in [3.63, 3.8) is 0 Å². The van der Waals surface area contributed by atoms with E-state index in [9.17, 15) is 4.79 Å². The van der Waals surface area contributed by atoms with E-state index in [1.54, 1.807) is 29.2 Å². The van der Waals surface area contributed by atoms with Crippen molar-refractivity contribution in [3.8, 4) is 11.5 Å². The summed E-state index contributed by atoms with van der Waals surface area (Å²) in [7, 11) is 0. The number of nitrogens with zero attached hydrogens (tertiary/aromatic N) is 1. The number of rotatable bonds is 8. The molecule has 2 aromatic carbocycles. The van der Waals surface area contributed by atoms with Crippen molar-refractivity contribution in [1.82, 2.24) is 4.90 Å². The Morgan fingerprint density at radius 1 is 0.958 bits per heavy atom. The summed E-state index contributed by atoms with van der Waals surface area (Å²) in [6.45, 7) is 6.12. The average molecular weight is 348 g/mol. The summed E-state index contributed by atoms with van der Waals surface area (Å²) in [4.78, 5) is 14.1. The standard InChI is InChI=1S/C19H22ClNO3/c1-3-21(4-2)19(22)15-6-5-7-18(14-15)24-13-12-23-17-10-8-16(20)9-11-17/h5-11,14H,3-4,12-13H2,1-2H3. The molecule has 2 rings (SSSR count). The highest BCUT2D eigenvalue weighted by Gasteiger charge is 2.12. The number of carbonyl (C=O) groups is 1. The summed E-state index contributed by atoms with van der Waals surface area (Å²) in [6.07, 6.45) is 0. The van der Waals surface area contributed by atoms with Crippen LogP contribution in [0.1, 0.15) is 24.2 Å². The van der Waals surface area contributed by atoms with Crippen molar-refractivity contribution in [3.05, 3.63) is 59.1 Å². The van der Waals surface area contributed by atoms with E-state index in [4.69, 9.17) is 21.1 Å². The van der Waals surface area contributed by atoms with Gasteiger partial charge in [-0.2, -0.15) is 0 Å². The molecular weight excluding hydrogens is 326 g/mol. The molecule has 0 aromatic heterocycles. The van der Waals surface area contributed by atoms with Crippen molar-refractivity contribution in [2.24, 2.45) is 0 Å². The molecular formula is C19H22ClNO3. The van der Waals surface area contributed by atoms with Gasteiger partial charge in [-0.25, -0.2) is 0 Å². The van der Waals surface area contributed by atoms with Crippen molar-refractivity contribution >= 4 is 17.5 Å². The first kappa shape index (κ1) is 18.1. The molecule has 2 aromatic rings. The minimum atomic E-state index is 0.0165. The predicted molar refractivity (Wildman–Crippen MR) is 96.1 cm³/mol. The second-order valence-electron chi connectivity index (χ2n) is 5.16. The van der Waals surface area contributed by atoms with Crippen LogP contribution in [0.15, 0.2) is 48.5 Å². The van der Waals surface area contributed by atoms with E-state index >= 15 is 0 Å². The zero-order valence-electron chi connectivity index (χ0n) is 14.0. The molecule has 4 nitrogen and oxygen atoms in total. The summed E-state index contributed by atoms with van der Waals surface area (Å²) >= 11 is 5.83. The van der Waals surface area contributed by atoms with Gasteiger partial charge in [-0.05, 0) is 56.3 Å². The van der Waals surface area contributed by atoms with E-state index in [0.717, 1.165) is 5.75 Å². The Labute approximate surface area is 147 Å². The molecule has 0 saturated carbocycles. The first-order chi connectivity index (χ1) is 11.6. The van der Waals surface area contributed by atoms with E-state index in [1.165, 1.54) is 0 Å². The van der Waals surface area contributed by atoms with Crippen molar-refractivity contribution < 1.29 is 14.3 Å². The molecule has 24 heavy (non-hydrogen) atoms. The fourth-order valence-corrected chi connectivity index (χ4v) is 2.39. The van der Waals surface area contributed by atoms with Gasteiger partial charge in [0.05, 0.1) is 0 Å². The maximum absolute atomic E-state index is 12.3. The zero-order valence-corrected chi connectivity index (χ0v) is 14.8. The fourth-order valence-electron chi connectivity index (χ4n) is 2.26. The number of carbonyl (C=O) groups excluding carboxylic acids is 1. The van der Waals surface area contributed by atoms with E-state index in [0.29, 0.717) is 42.6 Å². The number of halogens is 1. The molecule has 0 aliphatic carbocycles. The third kappa shape index (κ3) is 5.17. The highest BCUT2D eigenvalue weighted by molar-refractivity contribution is 6.30. The average Bonchev–Trinajstić information content (AvgIpc) is 2.61. The topological polar surface area (TPSA) is 38.8 Å². The number of hydrogen-bond acceptors (Lipinski definition) is 3. The first-order valence-electron chi connectivity index (χ1n) is 8.04. The Morgan fingerprint density at radius 2 is 1.58 bits per heavy atom. The molecule has 0 atom stereocenters. The van der Waals surface area contributed by atoms with E-state index in [1.807, 2.05) is 38.1 Å². The lowest BCUT2D eigenvalue weighted by atomic mass is 10.2. The Morgan fingerprint density at radius 3 is 2.21 bits per heavy atom. The number of benzene rings is 2.